The van der Waals surface area contributed by atoms with Gasteiger partial charge in [0.2, 0.25) is 5.91 Å². The molecule has 1 fully saturated rings. The van der Waals surface area contributed by atoms with E-state index in [1.807, 2.05) is 16.8 Å². The van der Waals surface area contributed by atoms with Crippen molar-refractivity contribution in [3.8, 4) is 0 Å². The number of carbonyl (C=O) groups is 1. The Bertz CT molecular complexity index is 711. The van der Waals surface area contributed by atoms with Crippen molar-refractivity contribution in [2.75, 3.05) is 23.7 Å². The molecule has 1 amide bonds. The minimum atomic E-state index is -0.0113. The Hall–Kier alpha value is -2.09. The number of amides is 1. The molecule has 8 heteroatoms. The van der Waals surface area contributed by atoms with E-state index in [9.17, 15) is 4.79 Å². The molecule has 0 bridgehead atoms. The molecule has 3 rings (SSSR count). The third kappa shape index (κ3) is 4.72. The molecule has 3 heterocycles. The smallest absolute Gasteiger partial charge is 0.230 e. The molecular weight excluding hydrogens is 336 g/mol. The van der Waals surface area contributed by atoms with Crippen molar-refractivity contribution in [2.24, 2.45) is 0 Å². The monoisotopic (exact) mass is 360 g/mol. The van der Waals surface area contributed by atoms with Gasteiger partial charge >= 0.3 is 0 Å². The van der Waals surface area contributed by atoms with Gasteiger partial charge in [0.05, 0.1) is 5.75 Å². The summed E-state index contributed by atoms with van der Waals surface area (Å²) in [6, 6.07) is 4.29. The first-order valence-electron chi connectivity index (χ1n) is 8.62. The lowest BCUT2D eigenvalue weighted by Crippen LogP contribution is -2.25. The zero-order chi connectivity index (χ0) is 17.6. The summed E-state index contributed by atoms with van der Waals surface area (Å²) in [6.45, 7) is 6.77. The molecule has 0 atom stereocenters. The molecular formula is C17H24N6OS. The summed E-state index contributed by atoms with van der Waals surface area (Å²) >= 11 is 1.41. The molecule has 1 saturated heterocycles. The molecule has 0 aromatic carbocycles. The van der Waals surface area contributed by atoms with Crippen LogP contribution in [0.5, 0.6) is 0 Å². The van der Waals surface area contributed by atoms with Crippen molar-refractivity contribution < 1.29 is 4.79 Å². The van der Waals surface area contributed by atoms with E-state index in [-0.39, 0.29) is 11.9 Å². The van der Waals surface area contributed by atoms with Crippen molar-refractivity contribution in [3.05, 3.63) is 30.2 Å². The van der Waals surface area contributed by atoms with Gasteiger partial charge in [0.1, 0.15) is 12.1 Å². The van der Waals surface area contributed by atoms with Crippen LogP contribution in [0.1, 0.15) is 38.3 Å². The molecule has 0 unspecified atom stereocenters. The fourth-order valence-electron chi connectivity index (χ4n) is 2.76. The van der Waals surface area contributed by atoms with Crippen LogP contribution in [0.2, 0.25) is 0 Å². The van der Waals surface area contributed by atoms with Crippen LogP contribution in [-0.4, -0.2) is 44.5 Å². The normalized spacial score (nSPS) is 14.3. The predicted octanol–water partition coefficient (Wildman–Crippen LogP) is 2.26. The number of nitrogens with zero attached hydrogens (tertiary/aromatic N) is 5. The summed E-state index contributed by atoms with van der Waals surface area (Å²) in [6.07, 6.45) is 5.96. The second kappa shape index (κ2) is 8.33. The quantitative estimate of drug-likeness (QED) is 0.764. The van der Waals surface area contributed by atoms with E-state index in [0.717, 1.165) is 29.6 Å². The van der Waals surface area contributed by atoms with Gasteiger partial charge < -0.3 is 14.8 Å². The lowest BCUT2D eigenvalue weighted by molar-refractivity contribution is -0.118. The van der Waals surface area contributed by atoms with Gasteiger partial charge in [0.25, 0.3) is 0 Å². The molecule has 25 heavy (non-hydrogen) atoms. The number of carbonyl (C=O) groups excluding carboxylic acids is 1. The van der Waals surface area contributed by atoms with E-state index in [4.69, 9.17) is 0 Å². The fourth-order valence-corrected chi connectivity index (χ4v) is 3.64. The van der Waals surface area contributed by atoms with Gasteiger partial charge in [-0.15, -0.1) is 10.2 Å². The number of anilines is 1. The Morgan fingerprint density at radius 1 is 1.36 bits per heavy atom. The van der Waals surface area contributed by atoms with Crippen LogP contribution in [0.4, 0.5) is 5.82 Å². The average Bonchev–Trinajstić information content (AvgIpc) is 3.29. The lowest BCUT2D eigenvalue weighted by atomic mass is 10.2. The maximum absolute atomic E-state index is 12.1. The number of pyridine rings is 1. The Morgan fingerprint density at radius 2 is 2.16 bits per heavy atom. The molecule has 7 nitrogen and oxygen atoms in total. The van der Waals surface area contributed by atoms with Crippen LogP contribution in [0.25, 0.3) is 0 Å². The molecule has 0 saturated carbocycles. The third-order valence-electron chi connectivity index (χ3n) is 4.16. The molecule has 1 N–H and O–H groups in total. The van der Waals surface area contributed by atoms with Crippen LogP contribution < -0.4 is 10.2 Å². The van der Waals surface area contributed by atoms with Crippen molar-refractivity contribution in [1.82, 2.24) is 25.1 Å². The summed E-state index contributed by atoms with van der Waals surface area (Å²) in [5, 5.41) is 11.7. The van der Waals surface area contributed by atoms with Crippen LogP contribution in [-0.2, 0) is 11.3 Å². The molecule has 134 valence electrons. The van der Waals surface area contributed by atoms with E-state index in [0.29, 0.717) is 12.3 Å². The van der Waals surface area contributed by atoms with E-state index in [1.165, 1.54) is 24.6 Å². The van der Waals surface area contributed by atoms with Gasteiger partial charge in [0.15, 0.2) is 5.16 Å². The Kier molecular flexibility index (Phi) is 5.91. The van der Waals surface area contributed by atoms with E-state index in [1.54, 1.807) is 6.33 Å². The van der Waals surface area contributed by atoms with Gasteiger partial charge in [-0.25, -0.2) is 4.98 Å². The summed E-state index contributed by atoms with van der Waals surface area (Å²) in [4.78, 5) is 18.8. The van der Waals surface area contributed by atoms with Gasteiger partial charge in [0, 0.05) is 31.9 Å². The van der Waals surface area contributed by atoms with Gasteiger partial charge in [-0.2, -0.15) is 0 Å². The number of hydrogen-bond acceptors (Lipinski definition) is 6. The van der Waals surface area contributed by atoms with Crippen LogP contribution in [0.3, 0.4) is 0 Å². The van der Waals surface area contributed by atoms with Crippen LogP contribution >= 0.6 is 11.8 Å². The second-order valence-corrected chi connectivity index (χ2v) is 7.34. The minimum absolute atomic E-state index is 0.0113. The SMILES string of the molecule is CC(C)n1cnnc1SCC(=O)NCc1ccnc(N2CCCC2)c1. The number of thioether (sulfide) groups is 1. The summed E-state index contributed by atoms with van der Waals surface area (Å²) in [5.74, 6) is 1.32. The maximum atomic E-state index is 12.1. The summed E-state index contributed by atoms with van der Waals surface area (Å²) in [7, 11) is 0. The highest BCUT2D eigenvalue weighted by atomic mass is 32.2. The predicted molar refractivity (Wildman–Crippen MR) is 98.7 cm³/mol. The minimum Gasteiger partial charge on any atom is -0.357 e. The van der Waals surface area contributed by atoms with Crippen molar-refractivity contribution >= 4 is 23.5 Å². The molecule has 0 radical (unpaired) electrons. The molecule has 1 aliphatic rings. The standard InChI is InChI=1S/C17H24N6OS/c1-13(2)23-12-20-21-17(23)25-11-16(24)19-10-14-5-6-18-15(9-14)22-7-3-4-8-22/h5-6,9,12-13H,3-4,7-8,10-11H2,1-2H3,(H,19,24). The van der Waals surface area contributed by atoms with E-state index in [2.05, 4.69) is 45.3 Å². The lowest BCUT2D eigenvalue weighted by Gasteiger charge is -2.17. The first kappa shape index (κ1) is 17.7. The molecule has 2 aromatic rings. The van der Waals surface area contributed by atoms with Gasteiger partial charge in [-0.3, -0.25) is 4.79 Å². The molecule has 1 aliphatic heterocycles. The molecule has 0 aliphatic carbocycles. The highest BCUT2D eigenvalue weighted by Gasteiger charge is 2.14. The highest BCUT2D eigenvalue weighted by Crippen LogP contribution is 2.19. The Labute approximate surface area is 152 Å². The van der Waals surface area contributed by atoms with Gasteiger partial charge in [-0.05, 0) is 44.4 Å². The Morgan fingerprint density at radius 3 is 2.92 bits per heavy atom. The molecule has 2 aromatic heterocycles. The van der Waals surface area contributed by atoms with Crippen molar-refractivity contribution in [2.45, 2.75) is 44.4 Å². The summed E-state index contributed by atoms with van der Waals surface area (Å²) < 4.78 is 1.96. The Balaban J connectivity index is 1.49. The zero-order valence-electron chi connectivity index (χ0n) is 14.7. The van der Waals surface area contributed by atoms with Crippen molar-refractivity contribution in [3.63, 3.8) is 0 Å². The van der Waals surface area contributed by atoms with Crippen LogP contribution in [0.15, 0.2) is 29.8 Å². The van der Waals surface area contributed by atoms with Crippen LogP contribution in [0, 0.1) is 0 Å². The number of aromatic nitrogens is 4. The molecule has 0 spiro atoms. The average molecular weight is 360 g/mol. The zero-order valence-corrected chi connectivity index (χ0v) is 15.5. The highest BCUT2D eigenvalue weighted by molar-refractivity contribution is 7.99. The number of hydrogen-bond donors (Lipinski definition) is 1. The fraction of sp³-hybridized carbons (Fsp3) is 0.529. The van der Waals surface area contributed by atoms with Crippen molar-refractivity contribution in [1.29, 1.82) is 0 Å². The first-order valence-corrected chi connectivity index (χ1v) is 9.61. The third-order valence-corrected chi connectivity index (χ3v) is 5.12. The summed E-state index contributed by atoms with van der Waals surface area (Å²) in [5.41, 5.74) is 1.07. The van der Waals surface area contributed by atoms with Gasteiger partial charge in [-0.1, -0.05) is 11.8 Å². The van der Waals surface area contributed by atoms with E-state index >= 15 is 0 Å². The topological polar surface area (TPSA) is 75.9 Å². The largest absolute Gasteiger partial charge is 0.357 e. The first-order chi connectivity index (χ1) is 12.1. The number of nitrogens with one attached hydrogen (secondary N) is 1. The maximum Gasteiger partial charge on any atom is 0.230 e. The van der Waals surface area contributed by atoms with E-state index < -0.39 is 0 Å². The second-order valence-electron chi connectivity index (χ2n) is 6.40. The number of rotatable bonds is 7.